The largest absolute Gasteiger partial charge is 0.497 e. The smallest absolute Gasteiger partial charge is 0.256 e. The average Bonchev–Trinajstić information content (AvgIpc) is 3.27. The Kier molecular flexibility index (Phi) is 6.64. The molecule has 3 aromatic rings. The van der Waals surface area contributed by atoms with E-state index in [0.717, 1.165) is 34.6 Å². The Labute approximate surface area is 188 Å². The quantitative estimate of drug-likeness (QED) is 0.475. The van der Waals surface area contributed by atoms with Gasteiger partial charge >= 0.3 is 0 Å². The van der Waals surface area contributed by atoms with Crippen LogP contribution in [0.2, 0.25) is 0 Å². The molecule has 0 aliphatic carbocycles. The molecule has 0 atom stereocenters. The van der Waals surface area contributed by atoms with Crippen LogP contribution in [-0.4, -0.2) is 54.8 Å². The molecule has 156 valence electrons. The summed E-state index contributed by atoms with van der Waals surface area (Å²) in [6.07, 6.45) is 1.70. The number of hydrogen-bond acceptors (Lipinski definition) is 6. The maximum atomic E-state index is 12.6. The number of carbonyl (C=O) groups is 1. The van der Waals surface area contributed by atoms with Crippen molar-refractivity contribution in [3.8, 4) is 17.1 Å². The van der Waals surface area contributed by atoms with E-state index in [9.17, 15) is 4.79 Å². The van der Waals surface area contributed by atoms with Gasteiger partial charge in [-0.1, -0.05) is 39.8 Å². The molecule has 1 saturated heterocycles. The van der Waals surface area contributed by atoms with Crippen molar-refractivity contribution < 1.29 is 13.9 Å². The minimum absolute atomic E-state index is 0.108. The molecule has 1 aliphatic rings. The highest BCUT2D eigenvalue weighted by Crippen LogP contribution is 2.27. The molecule has 0 saturated carbocycles. The van der Waals surface area contributed by atoms with Gasteiger partial charge in [-0.3, -0.25) is 4.79 Å². The van der Waals surface area contributed by atoms with Crippen molar-refractivity contribution in [3.63, 3.8) is 0 Å². The molecule has 2 aromatic carbocycles. The molecule has 1 amide bonds. The van der Waals surface area contributed by atoms with Crippen LogP contribution in [-0.2, 0) is 4.79 Å². The molecule has 1 aliphatic heterocycles. The summed E-state index contributed by atoms with van der Waals surface area (Å²) in [5.74, 6) is 1.97. The molecule has 6 nitrogen and oxygen atoms in total. The van der Waals surface area contributed by atoms with Crippen molar-refractivity contribution in [1.82, 2.24) is 9.88 Å². The Morgan fingerprint density at radius 2 is 1.93 bits per heavy atom. The summed E-state index contributed by atoms with van der Waals surface area (Å²) in [5.41, 5.74) is 2.10. The number of ether oxygens (including phenoxy) is 1. The van der Waals surface area contributed by atoms with Crippen LogP contribution in [0.25, 0.3) is 11.3 Å². The highest BCUT2D eigenvalue weighted by Gasteiger charge is 2.22. The lowest BCUT2D eigenvalue weighted by atomic mass is 10.2. The first-order chi connectivity index (χ1) is 14.6. The Hall–Kier alpha value is -2.45. The lowest BCUT2D eigenvalue weighted by molar-refractivity contribution is -0.128. The zero-order chi connectivity index (χ0) is 20.9. The van der Waals surface area contributed by atoms with Gasteiger partial charge in [-0.25, -0.2) is 4.98 Å². The van der Waals surface area contributed by atoms with Crippen molar-refractivity contribution >= 4 is 39.3 Å². The summed E-state index contributed by atoms with van der Waals surface area (Å²) in [5, 5.41) is 0.509. The zero-order valence-corrected chi connectivity index (χ0v) is 19.0. The lowest BCUT2D eigenvalue weighted by Crippen LogP contribution is -2.49. The minimum atomic E-state index is 0.108. The predicted molar refractivity (Wildman–Crippen MR) is 122 cm³/mol. The zero-order valence-electron chi connectivity index (χ0n) is 16.6. The van der Waals surface area contributed by atoms with Crippen molar-refractivity contribution in [2.75, 3.05) is 43.9 Å². The monoisotopic (exact) mass is 487 g/mol. The lowest BCUT2D eigenvalue weighted by Gasteiger charge is -2.36. The third-order valence-corrected chi connectivity index (χ3v) is 6.30. The molecule has 0 unspecified atom stereocenters. The number of halogens is 1. The number of carbonyl (C=O) groups excluding carboxylic acids is 1. The number of oxazole rings is 1. The van der Waals surface area contributed by atoms with Gasteiger partial charge in [-0.2, -0.15) is 0 Å². The van der Waals surface area contributed by atoms with Crippen LogP contribution in [0.15, 0.2) is 68.8 Å². The van der Waals surface area contributed by atoms with Gasteiger partial charge in [0.15, 0.2) is 5.76 Å². The van der Waals surface area contributed by atoms with Crippen molar-refractivity contribution in [2.24, 2.45) is 0 Å². The van der Waals surface area contributed by atoms with Gasteiger partial charge in [0.25, 0.3) is 5.22 Å². The van der Waals surface area contributed by atoms with Crippen molar-refractivity contribution in [2.45, 2.75) is 5.22 Å². The van der Waals surface area contributed by atoms with Gasteiger partial charge in [0.05, 0.1) is 19.1 Å². The summed E-state index contributed by atoms with van der Waals surface area (Å²) < 4.78 is 12.0. The van der Waals surface area contributed by atoms with Gasteiger partial charge in [0.1, 0.15) is 5.75 Å². The predicted octanol–water partition coefficient (Wildman–Crippen LogP) is 4.55. The maximum Gasteiger partial charge on any atom is 0.256 e. The number of anilines is 1. The molecule has 2 heterocycles. The first kappa shape index (κ1) is 20.8. The minimum Gasteiger partial charge on any atom is -0.497 e. The van der Waals surface area contributed by atoms with Crippen molar-refractivity contribution in [3.05, 3.63) is 59.2 Å². The van der Waals surface area contributed by atoms with E-state index in [2.05, 4.69) is 37.9 Å². The number of benzene rings is 2. The van der Waals surface area contributed by atoms with Crippen LogP contribution < -0.4 is 9.64 Å². The number of nitrogens with zero attached hydrogens (tertiary/aromatic N) is 3. The van der Waals surface area contributed by atoms with E-state index in [1.54, 1.807) is 13.3 Å². The molecule has 1 aromatic heterocycles. The SMILES string of the molecule is COc1ccc(N2CCN(C(=O)CSc3ncc(-c4cccc(Br)c4)o3)CC2)cc1. The van der Waals surface area contributed by atoms with E-state index < -0.39 is 0 Å². The number of piperazine rings is 1. The van der Waals surface area contributed by atoms with Gasteiger partial charge in [0.2, 0.25) is 5.91 Å². The van der Waals surface area contributed by atoms with E-state index >= 15 is 0 Å². The van der Waals surface area contributed by atoms with E-state index in [4.69, 9.17) is 9.15 Å². The van der Waals surface area contributed by atoms with E-state index in [0.29, 0.717) is 29.8 Å². The summed E-state index contributed by atoms with van der Waals surface area (Å²) in [7, 11) is 1.66. The molecule has 0 N–H and O–H groups in total. The van der Waals surface area contributed by atoms with Gasteiger partial charge < -0.3 is 19.0 Å². The second kappa shape index (κ2) is 9.57. The van der Waals surface area contributed by atoms with Crippen molar-refractivity contribution in [1.29, 1.82) is 0 Å². The number of amides is 1. The summed E-state index contributed by atoms with van der Waals surface area (Å²) >= 11 is 4.79. The third kappa shape index (κ3) is 4.99. The second-order valence-corrected chi connectivity index (χ2v) is 8.70. The molecule has 0 spiro atoms. The first-order valence-corrected chi connectivity index (χ1v) is 11.4. The fraction of sp³-hybridized carbons (Fsp3) is 0.273. The molecule has 4 rings (SSSR count). The van der Waals surface area contributed by atoms with Crippen LogP contribution in [0, 0.1) is 0 Å². The molecular weight excluding hydrogens is 466 g/mol. The van der Waals surface area contributed by atoms with Crippen LogP contribution >= 0.6 is 27.7 Å². The molecule has 0 radical (unpaired) electrons. The van der Waals surface area contributed by atoms with Crippen LogP contribution in [0.1, 0.15) is 0 Å². The fourth-order valence-corrected chi connectivity index (χ4v) is 4.43. The summed E-state index contributed by atoms with van der Waals surface area (Å²) in [4.78, 5) is 21.1. The maximum absolute atomic E-state index is 12.6. The van der Waals surface area contributed by atoms with Gasteiger partial charge in [-0.15, -0.1) is 0 Å². The van der Waals surface area contributed by atoms with Crippen LogP contribution in [0.3, 0.4) is 0 Å². The van der Waals surface area contributed by atoms with E-state index in [1.807, 2.05) is 41.3 Å². The van der Waals surface area contributed by atoms with Gasteiger partial charge in [0, 0.05) is 41.9 Å². The topological polar surface area (TPSA) is 58.8 Å². The Morgan fingerprint density at radius 3 is 2.63 bits per heavy atom. The summed E-state index contributed by atoms with van der Waals surface area (Å²) in [6.45, 7) is 3.05. The summed E-state index contributed by atoms with van der Waals surface area (Å²) in [6, 6.07) is 15.9. The number of hydrogen-bond donors (Lipinski definition) is 0. The second-order valence-electron chi connectivity index (χ2n) is 6.86. The molecule has 1 fully saturated rings. The first-order valence-electron chi connectivity index (χ1n) is 9.64. The average molecular weight is 488 g/mol. The number of rotatable bonds is 6. The number of thioether (sulfide) groups is 1. The highest BCUT2D eigenvalue weighted by molar-refractivity contribution is 9.10. The fourth-order valence-electron chi connectivity index (χ4n) is 3.32. The van der Waals surface area contributed by atoms with Crippen LogP contribution in [0.5, 0.6) is 5.75 Å². The molecule has 30 heavy (non-hydrogen) atoms. The normalized spacial score (nSPS) is 14.1. The molecule has 0 bridgehead atoms. The molecular formula is C22H22BrN3O3S. The highest BCUT2D eigenvalue weighted by atomic mass is 79.9. The standard InChI is InChI=1S/C22H22BrN3O3S/c1-28-19-7-5-18(6-8-19)25-9-11-26(12-10-25)21(27)15-30-22-24-14-20(29-22)16-3-2-4-17(23)13-16/h2-8,13-14H,9-12,15H2,1H3. The Balaban J connectivity index is 1.27. The van der Waals surface area contributed by atoms with Crippen LogP contribution in [0.4, 0.5) is 5.69 Å². The molecule has 8 heteroatoms. The van der Waals surface area contributed by atoms with Gasteiger partial charge in [-0.05, 0) is 36.4 Å². The Morgan fingerprint density at radius 1 is 1.17 bits per heavy atom. The third-order valence-electron chi connectivity index (χ3n) is 4.98. The van der Waals surface area contributed by atoms with E-state index in [1.165, 1.54) is 11.8 Å². The number of aromatic nitrogens is 1. The van der Waals surface area contributed by atoms with E-state index in [-0.39, 0.29) is 5.91 Å². The Bertz CT molecular complexity index is 1000. The number of methoxy groups -OCH3 is 1.